The number of anilines is 1. The zero-order valence-corrected chi connectivity index (χ0v) is 10.4. The molecule has 0 spiro atoms. The Labute approximate surface area is 108 Å². The van der Waals surface area contributed by atoms with Crippen LogP contribution in [0.1, 0.15) is 13.2 Å². The van der Waals surface area contributed by atoms with Gasteiger partial charge in [0.2, 0.25) is 0 Å². The van der Waals surface area contributed by atoms with Crippen LogP contribution in [0.3, 0.4) is 0 Å². The van der Waals surface area contributed by atoms with Crippen LogP contribution in [0.5, 0.6) is 0 Å². The standard InChI is InChI=1S/C7H7NO2.Ba.2H/c8-6-3-1-5(2-4-6)7(9)10;;;/h1-4H,8H2,(H,9,10);;;/q;+2;2*-1. The van der Waals surface area contributed by atoms with Crippen molar-refractivity contribution in [2.75, 3.05) is 5.73 Å². The van der Waals surface area contributed by atoms with E-state index in [9.17, 15) is 4.79 Å². The van der Waals surface area contributed by atoms with Gasteiger partial charge in [0.1, 0.15) is 0 Å². The number of nitrogens with two attached hydrogens (primary N) is 1. The molecule has 56 valence electrons. The number of carboxylic acid groups (broad SMARTS) is 1. The van der Waals surface area contributed by atoms with Crippen molar-refractivity contribution in [3.63, 3.8) is 0 Å². The molecular weight excluding hydrogens is 267 g/mol. The molecule has 0 aliphatic heterocycles. The Morgan fingerprint density at radius 1 is 1.36 bits per heavy atom. The normalized spacial score (nSPS) is 8.36. The van der Waals surface area contributed by atoms with Crippen molar-refractivity contribution in [3.05, 3.63) is 29.8 Å². The monoisotopic (exact) mass is 277 g/mol. The molecule has 3 N–H and O–H groups in total. The first-order chi connectivity index (χ1) is 4.70. The number of hydrogen-bond donors (Lipinski definition) is 2. The molecule has 0 aromatic heterocycles. The van der Waals surface area contributed by atoms with E-state index in [1.54, 1.807) is 12.1 Å². The topological polar surface area (TPSA) is 63.3 Å². The molecule has 0 radical (unpaired) electrons. The predicted molar refractivity (Wildman–Crippen MR) is 45.8 cm³/mol. The molecule has 0 saturated carbocycles. The van der Waals surface area contributed by atoms with Crippen molar-refractivity contribution in [2.45, 2.75) is 0 Å². The van der Waals surface area contributed by atoms with Crippen LogP contribution in [0.25, 0.3) is 0 Å². The maximum absolute atomic E-state index is 10.3. The molecule has 0 aliphatic rings. The molecular formula is C7H9BaNO2. The predicted octanol–water partition coefficient (Wildman–Crippen LogP) is 0.811. The first-order valence-electron chi connectivity index (χ1n) is 2.79. The van der Waals surface area contributed by atoms with Crippen molar-refractivity contribution in [2.24, 2.45) is 0 Å². The summed E-state index contributed by atoms with van der Waals surface area (Å²) in [6.07, 6.45) is 0. The summed E-state index contributed by atoms with van der Waals surface area (Å²) in [6.45, 7) is 0. The van der Waals surface area contributed by atoms with Crippen LogP contribution in [0.4, 0.5) is 5.69 Å². The van der Waals surface area contributed by atoms with Crippen LogP contribution in [0.15, 0.2) is 24.3 Å². The average Bonchev–Trinajstić information content (AvgIpc) is 1.88. The number of benzene rings is 1. The van der Waals surface area contributed by atoms with Crippen molar-refractivity contribution in [3.8, 4) is 0 Å². The Morgan fingerprint density at radius 2 is 1.82 bits per heavy atom. The fourth-order valence-corrected chi connectivity index (χ4v) is 0.626. The van der Waals surface area contributed by atoms with E-state index in [0.717, 1.165) is 0 Å². The molecule has 0 heterocycles. The molecule has 0 aliphatic carbocycles. The van der Waals surface area contributed by atoms with Gasteiger partial charge >= 0.3 is 54.9 Å². The van der Waals surface area contributed by atoms with Gasteiger partial charge in [0, 0.05) is 5.69 Å². The van der Waals surface area contributed by atoms with Crippen LogP contribution < -0.4 is 5.73 Å². The Kier molecular flexibility index (Phi) is 4.87. The molecule has 1 rings (SSSR count). The Morgan fingerprint density at radius 3 is 2.18 bits per heavy atom. The van der Waals surface area contributed by atoms with E-state index < -0.39 is 5.97 Å². The van der Waals surface area contributed by atoms with Gasteiger partial charge in [-0.2, -0.15) is 0 Å². The van der Waals surface area contributed by atoms with Crippen molar-refractivity contribution >= 4 is 60.5 Å². The van der Waals surface area contributed by atoms with Gasteiger partial charge in [0.15, 0.2) is 0 Å². The van der Waals surface area contributed by atoms with Crippen LogP contribution >= 0.6 is 0 Å². The minimum Gasteiger partial charge on any atom is -1.00 e. The number of nitrogen functional groups attached to an aromatic ring is 1. The largest absolute Gasteiger partial charge is 2.00 e. The van der Waals surface area contributed by atoms with Crippen molar-refractivity contribution in [1.29, 1.82) is 0 Å². The maximum atomic E-state index is 10.3. The molecule has 0 bridgehead atoms. The van der Waals surface area contributed by atoms with E-state index in [0.29, 0.717) is 5.69 Å². The minimum absolute atomic E-state index is 0. The smallest absolute Gasteiger partial charge is 1.00 e. The first-order valence-corrected chi connectivity index (χ1v) is 2.79. The Balaban J connectivity index is -0.000000333. The molecule has 0 fully saturated rings. The van der Waals surface area contributed by atoms with Crippen LogP contribution in [-0.2, 0) is 0 Å². The first kappa shape index (κ1) is 11.1. The number of rotatable bonds is 1. The second kappa shape index (κ2) is 4.84. The summed E-state index contributed by atoms with van der Waals surface area (Å²) in [7, 11) is 0. The summed E-state index contributed by atoms with van der Waals surface area (Å²) < 4.78 is 0. The number of carbonyl (C=O) groups is 1. The van der Waals surface area contributed by atoms with Gasteiger partial charge < -0.3 is 13.7 Å². The van der Waals surface area contributed by atoms with Gasteiger partial charge in [-0.05, 0) is 24.3 Å². The molecule has 0 atom stereocenters. The Hall–Kier alpha value is 0.0614. The molecule has 0 unspecified atom stereocenters. The van der Waals surface area contributed by atoms with Gasteiger partial charge in [-0.15, -0.1) is 0 Å². The zero-order chi connectivity index (χ0) is 7.56. The molecule has 4 heteroatoms. The fraction of sp³-hybridized carbons (Fsp3) is 0. The molecule has 0 amide bonds. The second-order valence-electron chi connectivity index (χ2n) is 1.93. The van der Waals surface area contributed by atoms with E-state index in [1.807, 2.05) is 0 Å². The number of hydrogen-bond acceptors (Lipinski definition) is 2. The van der Waals surface area contributed by atoms with Gasteiger partial charge in [-0.3, -0.25) is 0 Å². The third kappa shape index (κ3) is 3.31. The summed E-state index contributed by atoms with van der Waals surface area (Å²) in [5.41, 5.74) is 6.17. The van der Waals surface area contributed by atoms with E-state index in [2.05, 4.69) is 0 Å². The molecule has 0 saturated heterocycles. The molecule has 1 aromatic carbocycles. The molecule has 1 aromatic rings. The third-order valence-corrected chi connectivity index (χ3v) is 1.16. The summed E-state index contributed by atoms with van der Waals surface area (Å²) in [5, 5.41) is 8.43. The van der Waals surface area contributed by atoms with Gasteiger partial charge in [0.25, 0.3) is 0 Å². The minimum atomic E-state index is -0.931. The SMILES string of the molecule is Nc1ccc(C(=O)O)cc1.[Ba+2].[H-].[H-]. The van der Waals surface area contributed by atoms with Gasteiger partial charge in [-0.25, -0.2) is 4.79 Å². The number of aromatic carboxylic acids is 1. The van der Waals surface area contributed by atoms with Crippen molar-refractivity contribution in [1.82, 2.24) is 0 Å². The third-order valence-electron chi connectivity index (χ3n) is 1.16. The Bertz CT molecular complexity index is 253. The zero-order valence-electron chi connectivity index (χ0n) is 7.95. The van der Waals surface area contributed by atoms with Crippen LogP contribution in [0, 0.1) is 0 Å². The van der Waals surface area contributed by atoms with E-state index in [-0.39, 0.29) is 57.3 Å². The van der Waals surface area contributed by atoms with E-state index in [1.165, 1.54) is 12.1 Å². The number of carboxylic acids is 1. The van der Waals surface area contributed by atoms with E-state index in [4.69, 9.17) is 10.8 Å². The maximum Gasteiger partial charge on any atom is 2.00 e. The summed E-state index contributed by atoms with van der Waals surface area (Å²) >= 11 is 0. The van der Waals surface area contributed by atoms with E-state index >= 15 is 0 Å². The van der Waals surface area contributed by atoms with Crippen molar-refractivity contribution < 1.29 is 12.8 Å². The van der Waals surface area contributed by atoms with Crippen LogP contribution in [0.2, 0.25) is 0 Å². The van der Waals surface area contributed by atoms with Gasteiger partial charge in [0.05, 0.1) is 5.56 Å². The molecule has 11 heavy (non-hydrogen) atoms. The molecule has 3 nitrogen and oxygen atoms in total. The fourth-order valence-electron chi connectivity index (χ4n) is 0.626. The summed E-state index contributed by atoms with van der Waals surface area (Å²) in [6, 6.07) is 6.06. The second-order valence-corrected chi connectivity index (χ2v) is 1.93. The van der Waals surface area contributed by atoms with Gasteiger partial charge in [-0.1, -0.05) is 0 Å². The van der Waals surface area contributed by atoms with Crippen LogP contribution in [-0.4, -0.2) is 60.0 Å². The summed E-state index contributed by atoms with van der Waals surface area (Å²) in [4.78, 5) is 10.3. The quantitative estimate of drug-likeness (QED) is 0.589. The summed E-state index contributed by atoms with van der Waals surface area (Å²) in [5.74, 6) is -0.931. The average molecular weight is 276 g/mol.